The van der Waals surface area contributed by atoms with Gasteiger partial charge in [-0.1, -0.05) is 19.4 Å². The second kappa shape index (κ2) is 7.38. The molecule has 1 fully saturated rings. The maximum absolute atomic E-state index is 13.0. The highest BCUT2D eigenvalue weighted by Gasteiger charge is 2.43. The fraction of sp³-hybridized carbons (Fsp3) is 0.421. The van der Waals surface area contributed by atoms with Crippen LogP contribution in [0.2, 0.25) is 0 Å². The third-order valence-corrected chi connectivity index (χ3v) is 7.01. The molecule has 148 valence electrons. The molecular weight excluding hydrogens is 378 g/mol. The highest BCUT2D eigenvalue weighted by Crippen LogP contribution is 2.37. The number of anilines is 2. The Hall–Kier alpha value is -2.68. The number of hydrogen-bond acceptors (Lipinski definition) is 7. The number of hydrogen-bond donors (Lipinski definition) is 0. The van der Waals surface area contributed by atoms with Gasteiger partial charge in [0.25, 0.3) is 15.9 Å². The van der Waals surface area contributed by atoms with Crippen molar-refractivity contribution in [2.75, 3.05) is 42.5 Å². The van der Waals surface area contributed by atoms with Crippen molar-refractivity contribution in [3.05, 3.63) is 42.2 Å². The molecule has 28 heavy (non-hydrogen) atoms. The fourth-order valence-electron chi connectivity index (χ4n) is 3.69. The van der Waals surface area contributed by atoms with Crippen molar-refractivity contribution in [1.82, 2.24) is 14.3 Å². The molecule has 9 heteroatoms. The standard InChI is InChI=1S/C19H23N5O3S/c1-2-3-10-24-18(25)17-15(6-4-7-16(17)28(24,26)27)22-11-13-23(14-12-22)19-20-8-5-9-21-19/h4-9H,2-3,10-14H2,1H3. The van der Waals surface area contributed by atoms with Crippen molar-refractivity contribution in [2.24, 2.45) is 0 Å². The topological polar surface area (TPSA) is 86.7 Å². The second-order valence-electron chi connectivity index (χ2n) is 6.91. The average molecular weight is 401 g/mol. The molecule has 1 amide bonds. The molecule has 0 N–H and O–H groups in total. The maximum atomic E-state index is 13.0. The normalized spacial score (nSPS) is 18.5. The van der Waals surface area contributed by atoms with Gasteiger partial charge in [0.2, 0.25) is 5.95 Å². The van der Waals surface area contributed by atoms with E-state index in [1.165, 1.54) is 6.07 Å². The minimum Gasteiger partial charge on any atom is -0.367 e. The average Bonchev–Trinajstić information content (AvgIpc) is 2.93. The van der Waals surface area contributed by atoms with Crippen molar-refractivity contribution < 1.29 is 13.2 Å². The van der Waals surface area contributed by atoms with Gasteiger partial charge in [-0.25, -0.2) is 22.7 Å². The Morgan fingerprint density at radius 1 is 1.00 bits per heavy atom. The molecule has 0 saturated carbocycles. The monoisotopic (exact) mass is 401 g/mol. The SMILES string of the molecule is CCCCN1C(=O)c2c(N3CCN(c4ncccn4)CC3)cccc2S1(=O)=O. The molecule has 0 radical (unpaired) electrons. The molecule has 0 spiro atoms. The van der Waals surface area contributed by atoms with Crippen molar-refractivity contribution in [3.63, 3.8) is 0 Å². The molecule has 2 aromatic rings. The van der Waals surface area contributed by atoms with Crippen LogP contribution in [0.5, 0.6) is 0 Å². The van der Waals surface area contributed by atoms with Gasteiger partial charge in [-0.2, -0.15) is 0 Å². The highest BCUT2D eigenvalue weighted by molar-refractivity contribution is 7.90. The highest BCUT2D eigenvalue weighted by atomic mass is 32.2. The zero-order chi connectivity index (χ0) is 19.7. The lowest BCUT2D eigenvalue weighted by Gasteiger charge is -2.36. The minimum absolute atomic E-state index is 0.125. The number of piperazine rings is 1. The van der Waals surface area contributed by atoms with Gasteiger partial charge in [0.05, 0.1) is 11.3 Å². The molecule has 0 aliphatic carbocycles. The Balaban J connectivity index is 1.59. The molecule has 3 heterocycles. The third kappa shape index (κ3) is 3.09. The van der Waals surface area contributed by atoms with Crippen LogP contribution in [0.1, 0.15) is 30.1 Å². The molecule has 1 aromatic carbocycles. The van der Waals surface area contributed by atoms with Crippen LogP contribution in [0.4, 0.5) is 11.6 Å². The molecule has 8 nitrogen and oxygen atoms in total. The first-order valence-electron chi connectivity index (χ1n) is 9.51. The van der Waals surface area contributed by atoms with Crippen molar-refractivity contribution >= 4 is 27.6 Å². The van der Waals surface area contributed by atoms with E-state index >= 15 is 0 Å². The Labute approximate surface area is 164 Å². The van der Waals surface area contributed by atoms with Gasteiger partial charge >= 0.3 is 0 Å². The summed E-state index contributed by atoms with van der Waals surface area (Å²) < 4.78 is 26.7. The summed E-state index contributed by atoms with van der Waals surface area (Å²) in [4.78, 5) is 25.8. The number of aromatic nitrogens is 2. The van der Waals surface area contributed by atoms with Gasteiger partial charge in [-0.3, -0.25) is 4.79 Å². The predicted octanol–water partition coefficient (Wildman–Crippen LogP) is 1.75. The summed E-state index contributed by atoms with van der Waals surface area (Å²) in [6.45, 7) is 4.93. The van der Waals surface area contributed by atoms with Gasteiger partial charge < -0.3 is 9.80 Å². The lowest BCUT2D eigenvalue weighted by molar-refractivity contribution is 0.0870. The van der Waals surface area contributed by atoms with Crippen LogP contribution in [-0.2, 0) is 10.0 Å². The van der Waals surface area contributed by atoms with Crippen LogP contribution in [0.15, 0.2) is 41.6 Å². The van der Waals surface area contributed by atoms with Gasteiger partial charge in [0, 0.05) is 45.1 Å². The van der Waals surface area contributed by atoms with Crippen molar-refractivity contribution in [2.45, 2.75) is 24.7 Å². The van der Waals surface area contributed by atoms with E-state index in [4.69, 9.17) is 0 Å². The van der Waals surface area contributed by atoms with E-state index in [0.717, 1.165) is 10.7 Å². The molecule has 0 bridgehead atoms. The first-order chi connectivity index (χ1) is 13.5. The Bertz CT molecular complexity index is 972. The number of rotatable bonds is 5. The van der Waals surface area contributed by atoms with E-state index in [0.29, 0.717) is 49.8 Å². The summed E-state index contributed by atoms with van der Waals surface area (Å²) in [5.74, 6) is 0.276. The molecule has 4 rings (SSSR count). The van der Waals surface area contributed by atoms with E-state index in [1.54, 1.807) is 24.5 Å². The first kappa shape index (κ1) is 18.7. The molecule has 0 atom stereocenters. The third-order valence-electron chi connectivity index (χ3n) is 5.18. The summed E-state index contributed by atoms with van der Waals surface area (Å²) in [6.07, 6.45) is 4.91. The largest absolute Gasteiger partial charge is 0.367 e. The maximum Gasteiger partial charge on any atom is 0.271 e. The summed E-state index contributed by atoms with van der Waals surface area (Å²) >= 11 is 0. The summed E-state index contributed by atoms with van der Waals surface area (Å²) in [7, 11) is -3.76. The summed E-state index contributed by atoms with van der Waals surface area (Å²) in [6, 6.07) is 6.87. The Morgan fingerprint density at radius 3 is 2.36 bits per heavy atom. The number of nitrogens with zero attached hydrogens (tertiary/aromatic N) is 5. The van der Waals surface area contributed by atoms with Crippen LogP contribution in [0, 0.1) is 0 Å². The summed E-state index contributed by atoms with van der Waals surface area (Å²) in [5, 5.41) is 0. The number of amides is 1. The quantitative estimate of drug-likeness (QED) is 0.754. The minimum atomic E-state index is -3.76. The number of sulfonamides is 1. The number of benzene rings is 1. The molecule has 1 aromatic heterocycles. The van der Waals surface area contributed by atoms with E-state index < -0.39 is 15.9 Å². The fourth-order valence-corrected chi connectivity index (χ4v) is 5.31. The lowest BCUT2D eigenvalue weighted by Crippen LogP contribution is -2.47. The Morgan fingerprint density at radius 2 is 1.68 bits per heavy atom. The number of fused-ring (bicyclic) bond motifs is 1. The molecule has 2 aliphatic heterocycles. The molecular formula is C19H23N5O3S. The second-order valence-corrected chi connectivity index (χ2v) is 8.74. The number of carbonyl (C=O) groups is 1. The molecule has 0 unspecified atom stereocenters. The number of unbranched alkanes of at least 4 members (excludes halogenated alkanes) is 1. The molecule has 1 saturated heterocycles. The van der Waals surface area contributed by atoms with E-state index in [9.17, 15) is 13.2 Å². The van der Waals surface area contributed by atoms with E-state index in [-0.39, 0.29) is 11.4 Å². The van der Waals surface area contributed by atoms with Crippen LogP contribution < -0.4 is 9.80 Å². The Kier molecular flexibility index (Phi) is 4.92. The molecule has 2 aliphatic rings. The van der Waals surface area contributed by atoms with E-state index in [2.05, 4.69) is 19.8 Å². The zero-order valence-electron chi connectivity index (χ0n) is 15.8. The van der Waals surface area contributed by atoms with Gasteiger partial charge in [0.1, 0.15) is 4.90 Å². The van der Waals surface area contributed by atoms with E-state index in [1.807, 2.05) is 13.0 Å². The number of carbonyl (C=O) groups excluding carboxylic acids is 1. The predicted molar refractivity (Wildman–Crippen MR) is 106 cm³/mol. The van der Waals surface area contributed by atoms with Gasteiger partial charge in [-0.15, -0.1) is 0 Å². The zero-order valence-corrected chi connectivity index (χ0v) is 16.6. The smallest absolute Gasteiger partial charge is 0.271 e. The summed E-state index contributed by atoms with van der Waals surface area (Å²) in [5.41, 5.74) is 1.00. The van der Waals surface area contributed by atoms with Crippen LogP contribution in [-0.4, -0.2) is 61.3 Å². The van der Waals surface area contributed by atoms with Gasteiger partial charge in [0.15, 0.2) is 0 Å². The van der Waals surface area contributed by atoms with Crippen molar-refractivity contribution in [1.29, 1.82) is 0 Å². The van der Waals surface area contributed by atoms with Crippen LogP contribution in [0.3, 0.4) is 0 Å². The lowest BCUT2D eigenvalue weighted by atomic mass is 10.1. The van der Waals surface area contributed by atoms with Crippen LogP contribution in [0.25, 0.3) is 0 Å². The van der Waals surface area contributed by atoms with Crippen molar-refractivity contribution in [3.8, 4) is 0 Å². The first-order valence-corrected chi connectivity index (χ1v) is 10.9. The van der Waals surface area contributed by atoms with Gasteiger partial charge in [-0.05, 0) is 24.6 Å². The van der Waals surface area contributed by atoms with Crippen LogP contribution >= 0.6 is 0 Å².